The van der Waals surface area contributed by atoms with Gasteiger partial charge in [0, 0.05) is 5.75 Å². The molecule has 5 heteroatoms. The van der Waals surface area contributed by atoms with Crippen LogP contribution in [0.15, 0.2) is 36.4 Å². The molecule has 1 aliphatic rings. The van der Waals surface area contributed by atoms with E-state index < -0.39 is 5.54 Å². The fourth-order valence-electron chi connectivity index (χ4n) is 2.86. The van der Waals surface area contributed by atoms with Gasteiger partial charge in [-0.2, -0.15) is 17.0 Å². The number of methoxy groups -OCH3 is 1. The summed E-state index contributed by atoms with van der Waals surface area (Å²) in [6.45, 7) is 0. The van der Waals surface area contributed by atoms with Gasteiger partial charge in [0.05, 0.1) is 19.6 Å². The highest BCUT2D eigenvalue weighted by Crippen LogP contribution is 2.28. The summed E-state index contributed by atoms with van der Waals surface area (Å²) >= 11 is 1.71. The summed E-state index contributed by atoms with van der Waals surface area (Å²) in [4.78, 5) is 12.4. The Balaban J connectivity index is 1.83. The molecule has 23 heavy (non-hydrogen) atoms. The van der Waals surface area contributed by atoms with Gasteiger partial charge in [0.2, 0.25) is 5.91 Å². The molecule has 2 aromatic carbocycles. The van der Waals surface area contributed by atoms with E-state index in [4.69, 9.17) is 4.74 Å². The number of thioether (sulfide) groups is 1. The molecule has 1 unspecified atom stereocenters. The largest absolute Gasteiger partial charge is 0.497 e. The van der Waals surface area contributed by atoms with Gasteiger partial charge in [0.25, 0.3) is 0 Å². The quantitative estimate of drug-likeness (QED) is 0.938. The molecule has 1 fully saturated rings. The minimum atomic E-state index is -0.704. The molecule has 1 saturated heterocycles. The summed E-state index contributed by atoms with van der Waals surface area (Å²) in [5.74, 6) is 2.24. The number of hydrogen-bond donors (Lipinski definition) is 1. The Morgan fingerprint density at radius 1 is 1.43 bits per heavy atom. The van der Waals surface area contributed by atoms with Crippen LogP contribution < -0.4 is 10.1 Å². The lowest BCUT2D eigenvalue weighted by atomic mass is 9.98. The second kappa shape index (κ2) is 6.51. The van der Waals surface area contributed by atoms with Crippen molar-refractivity contribution in [3.8, 4) is 11.8 Å². The first-order chi connectivity index (χ1) is 11.2. The summed E-state index contributed by atoms with van der Waals surface area (Å²) in [5.41, 5.74) is 0.238. The van der Waals surface area contributed by atoms with Crippen LogP contribution in [0.5, 0.6) is 5.75 Å². The molecule has 0 radical (unpaired) electrons. The van der Waals surface area contributed by atoms with Gasteiger partial charge in [-0.3, -0.25) is 4.79 Å². The van der Waals surface area contributed by atoms with Crippen LogP contribution in [0, 0.1) is 11.3 Å². The van der Waals surface area contributed by atoms with Crippen molar-refractivity contribution in [1.29, 1.82) is 5.26 Å². The van der Waals surface area contributed by atoms with Crippen LogP contribution >= 0.6 is 11.8 Å². The number of nitrogens with zero attached hydrogens (tertiary/aromatic N) is 1. The molecular weight excluding hydrogens is 308 g/mol. The molecule has 3 rings (SSSR count). The smallest absolute Gasteiger partial charge is 0.225 e. The molecular formula is C18H18N2O2S. The van der Waals surface area contributed by atoms with Gasteiger partial charge in [-0.1, -0.05) is 24.3 Å². The van der Waals surface area contributed by atoms with Crippen LogP contribution in [0.1, 0.15) is 12.0 Å². The predicted octanol–water partition coefficient (Wildman–Crippen LogP) is 2.91. The number of hydrogen-bond acceptors (Lipinski definition) is 4. The first kappa shape index (κ1) is 15.7. The summed E-state index contributed by atoms with van der Waals surface area (Å²) < 4.78 is 5.28. The van der Waals surface area contributed by atoms with Gasteiger partial charge < -0.3 is 10.1 Å². The molecule has 1 N–H and O–H groups in total. The van der Waals surface area contributed by atoms with E-state index in [1.165, 1.54) is 0 Å². The van der Waals surface area contributed by atoms with Crippen molar-refractivity contribution >= 4 is 28.4 Å². The molecule has 0 aromatic heterocycles. The molecule has 0 spiro atoms. The fourth-order valence-corrected chi connectivity index (χ4v) is 4.13. The third kappa shape index (κ3) is 3.27. The molecule has 1 aliphatic heterocycles. The maximum absolute atomic E-state index is 12.4. The zero-order chi connectivity index (χ0) is 16.3. The third-order valence-corrected chi connectivity index (χ3v) is 5.33. The number of benzene rings is 2. The van der Waals surface area contributed by atoms with Crippen LogP contribution in [0.4, 0.5) is 0 Å². The molecule has 1 amide bonds. The van der Waals surface area contributed by atoms with E-state index in [0.717, 1.165) is 27.8 Å². The number of ether oxygens (including phenoxy) is 1. The minimum absolute atomic E-state index is 0.107. The molecule has 1 atom stereocenters. The normalized spacial score (nSPS) is 20.2. The summed E-state index contributed by atoms with van der Waals surface area (Å²) in [7, 11) is 1.63. The molecule has 2 aromatic rings. The number of rotatable bonds is 4. The second-order valence-corrected chi connectivity index (χ2v) is 6.83. The highest BCUT2D eigenvalue weighted by molar-refractivity contribution is 7.99. The number of carbonyl (C=O) groups is 1. The van der Waals surface area contributed by atoms with Crippen LogP contribution in [-0.4, -0.2) is 30.1 Å². The van der Waals surface area contributed by atoms with E-state index in [0.29, 0.717) is 12.2 Å². The van der Waals surface area contributed by atoms with Gasteiger partial charge in [0.1, 0.15) is 11.3 Å². The summed E-state index contributed by atoms with van der Waals surface area (Å²) in [6, 6.07) is 14.0. The SMILES string of the molecule is COc1ccc2cccc(CC(=O)NC3(C#N)CCSC3)c2c1. The van der Waals surface area contributed by atoms with Crippen molar-refractivity contribution in [2.24, 2.45) is 0 Å². The molecule has 1 heterocycles. The lowest BCUT2D eigenvalue weighted by Gasteiger charge is -2.21. The first-order valence-corrected chi connectivity index (χ1v) is 8.67. The number of fused-ring (bicyclic) bond motifs is 1. The topological polar surface area (TPSA) is 62.1 Å². The van der Waals surface area contributed by atoms with Crippen LogP contribution in [0.3, 0.4) is 0 Å². The molecule has 0 bridgehead atoms. The zero-order valence-corrected chi connectivity index (χ0v) is 13.8. The fraction of sp³-hybridized carbons (Fsp3) is 0.333. The number of nitriles is 1. The average molecular weight is 326 g/mol. The van der Waals surface area contributed by atoms with Crippen molar-refractivity contribution in [1.82, 2.24) is 5.32 Å². The van der Waals surface area contributed by atoms with E-state index in [9.17, 15) is 10.1 Å². The van der Waals surface area contributed by atoms with Crippen LogP contribution in [0.2, 0.25) is 0 Å². The maximum Gasteiger partial charge on any atom is 0.225 e. The lowest BCUT2D eigenvalue weighted by molar-refractivity contribution is -0.121. The van der Waals surface area contributed by atoms with Gasteiger partial charge >= 0.3 is 0 Å². The van der Waals surface area contributed by atoms with E-state index in [-0.39, 0.29) is 12.3 Å². The Morgan fingerprint density at radius 2 is 2.30 bits per heavy atom. The van der Waals surface area contributed by atoms with Crippen molar-refractivity contribution in [2.45, 2.75) is 18.4 Å². The predicted molar refractivity (Wildman–Crippen MR) is 92.6 cm³/mol. The number of amides is 1. The van der Waals surface area contributed by atoms with E-state index >= 15 is 0 Å². The van der Waals surface area contributed by atoms with E-state index in [1.54, 1.807) is 18.9 Å². The number of carbonyl (C=O) groups excluding carboxylic acids is 1. The van der Waals surface area contributed by atoms with Gasteiger partial charge in [0.15, 0.2) is 0 Å². The summed E-state index contributed by atoms with van der Waals surface area (Å²) in [5, 5.41) is 14.4. The van der Waals surface area contributed by atoms with Crippen molar-refractivity contribution in [2.75, 3.05) is 18.6 Å². The monoisotopic (exact) mass is 326 g/mol. The van der Waals surface area contributed by atoms with Gasteiger partial charge in [-0.15, -0.1) is 0 Å². The maximum atomic E-state index is 12.4. The molecule has 0 aliphatic carbocycles. The average Bonchev–Trinajstić information content (AvgIpc) is 3.03. The summed E-state index contributed by atoms with van der Waals surface area (Å²) in [6.07, 6.45) is 0.974. The molecule has 0 saturated carbocycles. The van der Waals surface area contributed by atoms with Crippen molar-refractivity contribution in [3.63, 3.8) is 0 Å². The molecule has 118 valence electrons. The highest BCUT2D eigenvalue weighted by atomic mass is 32.2. The van der Waals surface area contributed by atoms with E-state index in [1.807, 2.05) is 36.4 Å². The van der Waals surface area contributed by atoms with Crippen molar-refractivity contribution in [3.05, 3.63) is 42.0 Å². The van der Waals surface area contributed by atoms with Crippen LogP contribution in [-0.2, 0) is 11.2 Å². The lowest BCUT2D eigenvalue weighted by Crippen LogP contribution is -2.48. The molecule has 4 nitrogen and oxygen atoms in total. The van der Waals surface area contributed by atoms with Crippen molar-refractivity contribution < 1.29 is 9.53 Å². The Kier molecular flexibility index (Phi) is 4.44. The number of nitrogens with one attached hydrogen (secondary N) is 1. The second-order valence-electron chi connectivity index (χ2n) is 5.73. The van der Waals surface area contributed by atoms with E-state index in [2.05, 4.69) is 11.4 Å². The van der Waals surface area contributed by atoms with Crippen LogP contribution in [0.25, 0.3) is 10.8 Å². The third-order valence-electron chi connectivity index (χ3n) is 4.14. The minimum Gasteiger partial charge on any atom is -0.497 e. The highest BCUT2D eigenvalue weighted by Gasteiger charge is 2.35. The van der Waals surface area contributed by atoms with Gasteiger partial charge in [-0.25, -0.2) is 0 Å². The van der Waals surface area contributed by atoms with Gasteiger partial charge in [-0.05, 0) is 40.6 Å². The Bertz CT molecular complexity index is 776. The first-order valence-electron chi connectivity index (χ1n) is 7.51. The zero-order valence-electron chi connectivity index (χ0n) is 13.0. The Labute approximate surface area is 139 Å². The Hall–Kier alpha value is -2.19. The Morgan fingerprint density at radius 3 is 3.00 bits per heavy atom. The standard InChI is InChI=1S/C18H18N2O2S/c1-22-15-6-5-13-3-2-4-14(16(13)10-15)9-17(21)20-18(11-19)7-8-23-12-18/h2-6,10H,7-9,12H2,1H3,(H,20,21).